The molecule has 0 aliphatic rings. The van der Waals surface area contributed by atoms with Gasteiger partial charge in [-0.05, 0) is 42.8 Å². The summed E-state index contributed by atoms with van der Waals surface area (Å²) in [6, 6.07) is 8.14. The van der Waals surface area contributed by atoms with Crippen LogP contribution in [0.5, 0.6) is 0 Å². The van der Waals surface area contributed by atoms with Crippen molar-refractivity contribution >= 4 is 33.4 Å². The maximum absolute atomic E-state index is 13.5. The second-order valence-corrected chi connectivity index (χ2v) is 6.05. The van der Waals surface area contributed by atoms with E-state index in [1.165, 1.54) is 0 Å². The number of benzene rings is 2. The molecule has 2 rings (SSSR count). The number of nitrogens with one attached hydrogen (secondary N) is 2. The van der Waals surface area contributed by atoms with Gasteiger partial charge in [-0.3, -0.25) is 9.59 Å². The summed E-state index contributed by atoms with van der Waals surface area (Å²) >= 11 is 3.34. The average Bonchev–Trinajstić information content (AvgIpc) is 2.50. The maximum atomic E-state index is 13.5. The van der Waals surface area contributed by atoms with Crippen molar-refractivity contribution in [2.24, 2.45) is 0 Å². The molecular formula is C17H15BrF2N2O2. The molecule has 0 fully saturated rings. The average molecular weight is 397 g/mol. The summed E-state index contributed by atoms with van der Waals surface area (Å²) in [6.07, 6.45) is 0.0318. The standard InChI is InChI=1S/C17H15BrF2N2O2/c1-10-8-11(18)2-5-15(10)22-16(23)6-7-21-17(24)13-4-3-12(19)9-14(13)20/h2-5,8-9H,6-7H2,1H3,(H,21,24)(H,22,23). The molecule has 0 atom stereocenters. The first kappa shape index (κ1) is 18.1. The highest BCUT2D eigenvalue weighted by Gasteiger charge is 2.12. The van der Waals surface area contributed by atoms with E-state index in [4.69, 9.17) is 0 Å². The van der Waals surface area contributed by atoms with Gasteiger partial charge in [-0.1, -0.05) is 15.9 Å². The van der Waals surface area contributed by atoms with E-state index in [1.807, 2.05) is 19.1 Å². The predicted octanol–water partition coefficient (Wildman–Crippen LogP) is 3.79. The van der Waals surface area contributed by atoms with Gasteiger partial charge >= 0.3 is 0 Å². The highest BCUT2D eigenvalue weighted by molar-refractivity contribution is 9.10. The normalized spacial score (nSPS) is 10.3. The highest BCUT2D eigenvalue weighted by atomic mass is 79.9. The monoisotopic (exact) mass is 396 g/mol. The Labute approximate surface area is 146 Å². The molecule has 24 heavy (non-hydrogen) atoms. The first-order valence-electron chi connectivity index (χ1n) is 7.16. The third kappa shape index (κ3) is 4.86. The van der Waals surface area contributed by atoms with Gasteiger partial charge in [-0.25, -0.2) is 8.78 Å². The van der Waals surface area contributed by atoms with E-state index in [0.29, 0.717) is 11.8 Å². The molecule has 7 heteroatoms. The van der Waals surface area contributed by atoms with Crippen LogP contribution in [0.3, 0.4) is 0 Å². The van der Waals surface area contributed by atoms with Gasteiger partial charge in [0.2, 0.25) is 5.91 Å². The van der Waals surface area contributed by atoms with Crippen LogP contribution in [-0.4, -0.2) is 18.4 Å². The number of amides is 2. The molecule has 2 N–H and O–H groups in total. The number of carbonyl (C=O) groups is 2. The molecule has 0 saturated carbocycles. The minimum absolute atomic E-state index is 0.0318. The van der Waals surface area contributed by atoms with Gasteiger partial charge in [-0.2, -0.15) is 0 Å². The Morgan fingerprint density at radius 3 is 2.54 bits per heavy atom. The lowest BCUT2D eigenvalue weighted by molar-refractivity contribution is -0.116. The van der Waals surface area contributed by atoms with Gasteiger partial charge in [0.15, 0.2) is 0 Å². The summed E-state index contributed by atoms with van der Waals surface area (Å²) in [5.41, 5.74) is 1.31. The molecule has 2 aromatic rings. The van der Waals surface area contributed by atoms with E-state index in [1.54, 1.807) is 6.07 Å². The molecule has 2 aromatic carbocycles. The summed E-state index contributed by atoms with van der Waals surface area (Å²) in [5.74, 6) is -2.67. The third-order valence-electron chi connectivity index (χ3n) is 3.28. The van der Waals surface area contributed by atoms with E-state index in [2.05, 4.69) is 26.6 Å². The first-order chi connectivity index (χ1) is 11.4. The molecule has 2 amide bonds. The van der Waals surface area contributed by atoms with Gasteiger partial charge in [0.05, 0.1) is 5.56 Å². The van der Waals surface area contributed by atoms with Gasteiger partial charge in [0.1, 0.15) is 11.6 Å². The van der Waals surface area contributed by atoms with Crippen molar-refractivity contribution in [1.82, 2.24) is 5.32 Å². The Bertz CT molecular complexity index is 781. The second-order valence-electron chi connectivity index (χ2n) is 5.14. The zero-order chi connectivity index (χ0) is 17.7. The molecule has 0 saturated heterocycles. The van der Waals surface area contributed by atoms with Crippen molar-refractivity contribution in [1.29, 1.82) is 0 Å². The van der Waals surface area contributed by atoms with Gasteiger partial charge in [-0.15, -0.1) is 0 Å². The van der Waals surface area contributed by atoms with Crippen LogP contribution in [0.4, 0.5) is 14.5 Å². The quantitative estimate of drug-likeness (QED) is 0.807. The minimum atomic E-state index is -0.942. The fraction of sp³-hybridized carbons (Fsp3) is 0.176. The van der Waals surface area contributed by atoms with Crippen LogP contribution in [0.15, 0.2) is 40.9 Å². The molecule has 0 aliphatic carbocycles. The lowest BCUT2D eigenvalue weighted by atomic mass is 10.2. The number of carbonyl (C=O) groups excluding carboxylic acids is 2. The summed E-state index contributed by atoms with van der Waals surface area (Å²) < 4.78 is 27.2. The molecular weight excluding hydrogens is 382 g/mol. The van der Waals surface area contributed by atoms with Crippen LogP contribution < -0.4 is 10.6 Å². The van der Waals surface area contributed by atoms with Crippen LogP contribution in [-0.2, 0) is 4.79 Å². The Balaban J connectivity index is 1.85. The molecule has 0 bridgehead atoms. The fourth-order valence-electron chi connectivity index (χ4n) is 2.04. The van der Waals surface area contributed by atoms with E-state index in [0.717, 1.165) is 22.2 Å². The zero-order valence-corrected chi connectivity index (χ0v) is 14.4. The van der Waals surface area contributed by atoms with Gasteiger partial charge in [0, 0.05) is 29.2 Å². The van der Waals surface area contributed by atoms with E-state index in [9.17, 15) is 18.4 Å². The van der Waals surface area contributed by atoms with Crippen molar-refractivity contribution in [2.75, 3.05) is 11.9 Å². The van der Waals surface area contributed by atoms with Crippen LogP contribution in [0.1, 0.15) is 22.3 Å². The van der Waals surface area contributed by atoms with Crippen LogP contribution in [0, 0.1) is 18.6 Å². The number of halogens is 3. The number of aryl methyl sites for hydroxylation is 1. The first-order valence-corrected chi connectivity index (χ1v) is 7.95. The number of rotatable bonds is 5. The number of anilines is 1. The Morgan fingerprint density at radius 1 is 1.12 bits per heavy atom. The number of hydrogen-bond acceptors (Lipinski definition) is 2. The fourth-order valence-corrected chi connectivity index (χ4v) is 2.51. The lowest BCUT2D eigenvalue weighted by Crippen LogP contribution is -2.28. The highest BCUT2D eigenvalue weighted by Crippen LogP contribution is 2.20. The Kier molecular flexibility index (Phi) is 6.03. The van der Waals surface area contributed by atoms with E-state index in [-0.39, 0.29) is 24.4 Å². The lowest BCUT2D eigenvalue weighted by Gasteiger charge is -2.09. The molecule has 0 aliphatic heterocycles. The van der Waals surface area contributed by atoms with Crippen molar-refractivity contribution in [3.8, 4) is 0 Å². The van der Waals surface area contributed by atoms with Crippen molar-refractivity contribution < 1.29 is 18.4 Å². The van der Waals surface area contributed by atoms with E-state index < -0.39 is 17.5 Å². The molecule has 4 nitrogen and oxygen atoms in total. The summed E-state index contributed by atoms with van der Waals surface area (Å²) in [5, 5.41) is 5.16. The molecule has 0 radical (unpaired) electrons. The zero-order valence-electron chi connectivity index (χ0n) is 12.8. The molecule has 126 valence electrons. The van der Waals surface area contributed by atoms with E-state index >= 15 is 0 Å². The third-order valence-corrected chi connectivity index (χ3v) is 3.77. The minimum Gasteiger partial charge on any atom is -0.351 e. The largest absolute Gasteiger partial charge is 0.351 e. The molecule has 0 spiro atoms. The summed E-state index contributed by atoms with van der Waals surface area (Å²) in [4.78, 5) is 23.7. The molecule has 0 unspecified atom stereocenters. The predicted molar refractivity (Wildman–Crippen MR) is 90.8 cm³/mol. The maximum Gasteiger partial charge on any atom is 0.254 e. The molecule has 0 aromatic heterocycles. The van der Waals surface area contributed by atoms with Gasteiger partial charge in [0.25, 0.3) is 5.91 Å². The SMILES string of the molecule is Cc1cc(Br)ccc1NC(=O)CCNC(=O)c1ccc(F)cc1F. The van der Waals surface area contributed by atoms with Crippen LogP contribution in [0.2, 0.25) is 0 Å². The summed E-state index contributed by atoms with van der Waals surface area (Å²) in [6.45, 7) is 1.90. The van der Waals surface area contributed by atoms with Gasteiger partial charge < -0.3 is 10.6 Å². The van der Waals surface area contributed by atoms with Crippen molar-refractivity contribution in [3.05, 3.63) is 63.6 Å². The van der Waals surface area contributed by atoms with Crippen molar-refractivity contribution in [2.45, 2.75) is 13.3 Å². The van der Waals surface area contributed by atoms with Crippen molar-refractivity contribution in [3.63, 3.8) is 0 Å². The Hall–Kier alpha value is -2.28. The summed E-state index contributed by atoms with van der Waals surface area (Å²) in [7, 11) is 0. The second kappa shape index (κ2) is 8.01. The topological polar surface area (TPSA) is 58.2 Å². The van der Waals surface area contributed by atoms with Crippen LogP contribution in [0.25, 0.3) is 0 Å². The Morgan fingerprint density at radius 2 is 1.88 bits per heavy atom. The smallest absolute Gasteiger partial charge is 0.254 e. The van der Waals surface area contributed by atoms with Crippen LogP contribution >= 0.6 is 15.9 Å². The molecule has 0 heterocycles. The number of hydrogen-bond donors (Lipinski definition) is 2.